The van der Waals surface area contributed by atoms with Crippen molar-refractivity contribution in [3.05, 3.63) is 33.6 Å². The van der Waals surface area contributed by atoms with Crippen LogP contribution in [0, 0.1) is 15.6 Å². The summed E-state index contributed by atoms with van der Waals surface area (Å²) in [6.07, 6.45) is 1.19. The molecule has 0 unspecified atom stereocenters. The standard InChI is InChI=1S/C3H2ClN3O3.2H2O/c4-3-6(9)1-5(8)2-7(3)10;;/h1-2H;2*1H2. The summed E-state index contributed by atoms with van der Waals surface area (Å²) in [5.41, 5.74) is 0. The smallest absolute Gasteiger partial charge is 0.553 e. The van der Waals surface area contributed by atoms with Gasteiger partial charge in [0.2, 0.25) is 0 Å². The Labute approximate surface area is 71.2 Å². The highest BCUT2D eigenvalue weighted by atomic mass is 35.5. The number of hydrogen-bond donors (Lipinski definition) is 0. The quantitative estimate of drug-likeness (QED) is 0.317. The molecule has 0 aliphatic carbocycles. The fraction of sp³-hybridized carbons (Fsp3) is 0. The normalized spacial score (nSPS) is 8.08. The molecule has 0 radical (unpaired) electrons. The van der Waals surface area contributed by atoms with Crippen LogP contribution < -0.4 is 14.2 Å². The molecule has 4 N–H and O–H groups in total. The lowest BCUT2D eigenvalue weighted by Crippen LogP contribution is -2.53. The molecule has 0 fully saturated rings. The minimum atomic E-state index is -0.605. The number of aromatic nitrogens is 3. The molecule has 0 spiro atoms. The van der Waals surface area contributed by atoms with E-state index in [9.17, 15) is 15.6 Å². The van der Waals surface area contributed by atoms with E-state index >= 15 is 0 Å². The lowest BCUT2D eigenvalue weighted by atomic mass is 11.0. The fourth-order valence-electron chi connectivity index (χ4n) is 0.429. The van der Waals surface area contributed by atoms with E-state index in [1.807, 2.05) is 0 Å². The monoisotopic (exact) mass is 199 g/mol. The SMILES string of the molecule is O.O.[O-][n+]1c[n+]([O-])c(Cl)[n+]([O-])c1. The van der Waals surface area contributed by atoms with Crippen LogP contribution in [0.5, 0.6) is 0 Å². The molecule has 9 heteroatoms. The van der Waals surface area contributed by atoms with E-state index in [0.717, 1.165) is 0 Å². The van der Waals surface area contributed by atoms with Gasteiger partial charge < -0.3 is 26.6 Å². The van der Waals surface area contributed by atoms with E-state index in [1.165, 1.54) is 0 Å². The molecule has 0 aliphatic rings. The second-order valence-corrected chi connectivity index (χ2v) is 1.85. The summed E-state index contributed by atoms with van der Waals surface area (Å²) in [4.78, 5) is 0. The maximum absolute atomic E-state index is 10.4. The van der Waals surface area contributed by atoms with Gasteiger partial charge in [0.25, 0.3) is 0 Å². The summed E-state index contributed by atoms with van der Waals surface area (Å²) in [5, 5.41) is 30.5. The first-order chi connectivity index (χ1) is 4.61. The van der Waals surface area contributed by atoms with E-state index in [0.29, 0.717) is 12.7 Å². The maximum atomic E-state index is 10.4. The number of rotatable bonds is 0. The summed E-state index contributed by atoms with van der Waals surface area (Å²) < 4.78 is 0.00892. The molecule has 1 rings (SSSR count). The average Bonchev–Trinajstić information content (AvgIpc) is 1.82. The third kappa shape index (κ3) is 2.34. The van der Waals surface area contributed by atoms with Crippen LogP contribution in [0.2, 0.25) is 5.28 Å². The lowest BCUT2D eigenvalue weighted by Gasteiger charge is -1.96. The number of halogens is 1. The first-order valence-electron chi connectivity index (χ1n) is 2.22. The predicted octanol–water partition coefficient (Wildman–Crippen LogP) is -3.41. The van der Waals surface area contributed by atoms with Crippen molar-refractivity contribution in [3.8, 4) is 0 Å². The van der Waals surface area contributed by atoms with Gasteiger partial charge in [0, 0.05) is 0 Å². The average molecular weight is 200 g/mol. The zero-order chi connectivity index (χ0) is 7.72. The van der Waals surface area contributed by atoms with Crippen LogP contribution in [-0.2, 0) is 0 Å². The van der Waals surface area contributed by atoms with E-state index < -0.39 is 5.28 Å². The molecule has 1 aromatic rings. The molecule has 0 saturated heterocycles. The second kappa shape index (κ2) is 4.49. The van der Waals surface area contributed by atoms with Gasteiger partial charge in [0.15, 0.2) is 0 Å². The Kier molecular flexibility index (Phi) is 4.95. The maximum Gasteiger partial charge on any atom is 0.553 e. The van der Waals surface area contributed by atoms with Gasteiger partial charge in [-0.1, -0.05) is 4.73 Å². The highest BCUT2D eigenvalue weighted by Gasteiger charge is 2.17. The fourth-order valence-corrected chi connectivity index (χ4v) is 0.516. The van der Waals surface area contributed by atoms with Crippen molar-refractivity contribution in [2.24, 2.45) is 0 Å². The van der Waals surface area contributed by atoms with Crippen molar-refractivity contribution in [1.82, 2.24) is 0 Å². The molecule has 70 valence electrons. The van der Waals surface area contributed by atoms with Crippen LogP contribution in [-0.4, -0.2) is 11.0 Å². The number of nitrogens with zero attached hydrogens (tertiary/aromatic N) is 3. The summed E-state index contributed by atoms with van der Waals surface area (Å²) >= 11 is 5.10. The third-order valence-electron chi connectivity index (χ3n) is 0.801. The van der Waals surface area contributed by atoms with Gasteiger partial charge in [-0.2, -0.15) is 0 Å². The zero-order valence-corrected chi connectivity index (χ0v) is 6.35. The van der Waals surface area contributed by atoms with Crippen LogP contribution >= 0.6 is 11.6 Å². The van der Waals surface area contributed by atoms with E-state index in [-0.39, 0.29) is 25.1 Å². The van der Waals surface area contributed by atoms with Gasteiger partial charge >= 0.3 is 17.9 Å². The molecule has 0 aliphatic heterocycles. The van der Waals surface area contributed by atoms with Crippen molar-refractivity contribution in [2.45, 2.75) is 0 Å². The second-order valence-electron chi connectivity index (χ2n) is 1.51. The lowest BCUT2D eigenvalue weighted by molar-refractivity contribution is -0.865. The van der Waals surface area contributed by atoms with Crippen molar-refractivity contribution < 1.29 is 25.1 Å². The summed E-state index contributed by atoms with van der Waals surface area (Å²) in [6.45, 7) is 0. The molecule has 1 aromatic heterocycles. The Balaban J connectivity index is 0. The van der Waals surface area contributed by atoms with Crippen molar-refractivity contribution >= 4 is 11.6 Å². The largest absolute Gasteiger partial charge is 0.610 e. The highest BCUT2D eigenvalue weighted by Crippen LogP contribution is 1.85. The van der Waals surface area contributed by atoms with E-state index in [2.05, 4.69) is 0 Å². The molecule has 1 heterocycles. The van der Waals surface area contributed by atoms with Crippen LogP contribution in [0.4, 0.5) is 0 Å². The predicted molar refractivity (Wildman–Crippen MR) is 35.6 cm³/mol. The molecule has 0 bridgehead atoms. The first kappa shape index (κ1) is 13.2. The molecular formula is C3H6ClN3O5. The summed E-state index contributed by atoms with van der Waals surface area (Å²) in [5.74, 6) is 0. The summed E-state index contributed by atoms with van der Waals surface area (Å²) in [6, 6.07) is 0. The van der Waals surface area contributed by atoms with Crippen molar-refractivity contribution in [2.75, 3.05) is 0 Å². The Bertz CT molecular complexity index is 245. The Hall–Kier alpha value is -1.38. The molecule has 0 saturated carbocycles. The molecule has 12 heavy (non-hydrogen) atoms. The van der Waals surface area contributed by atoms with E-state index in [4.69, 9.17) is 11.6 Å². The number of hydrogen-bond acceptors (Lipinski definition) is 3. The van der Waals surface area contributed by atoms with Gasteiger partial charge in [-0.15, -0.1) is 0 Å². The van der Waals surface area contributed by atoms with Gasteiger partial charge in [0.1, 0.15) is 0 Å². The zero-order valence-electron chi connectivity index (χ0n) is 5.60. The van der Waals surface area contributed by atoms with Crippen LogP contribution in [0.15, 0.2) is 12.7 Å². The highest BCUT2D eigenvalue weighted by molar-refractivity contribution is 6.26. The van der Waals surface area contributed by atoms with Crippen molar-refractivity contribution in [3.63, 3.8) is 0 Å². The molecule has 0 aromatic carbocycles. The Morgan fingerprint density at radius 1 is 1.00 bits per heavy atom. The van der Waals surface area contributed by atoms with Crippen LogP contribution in [0.25, 0.3) is 0 Å². The Morgan fingerprint density at radius 3 is 1.67 bits per heavy atom. The van der Waals surface area contributed by atoms with Gasteiger partial charge in [-0.25, -0.2) is 0 Å². The Morgan fingerprint density at radius 2 is 1.33 bits per heavy atom. The van der Waals surface area contributed by atoms with Crippen molar-refractivity contribution in [1.29, 1.82) is 0 Å². The molecule has 0 amide bonds. The van der Waals surface area contributed by atoms with Gasteiger partial charge in [-0.05, 0) is 9.46 Å². The summed E-state index contributed by atoms with van der Waals surface area (Å²) in [7, 11) is 0. The molecular weight excluding hydrogens is 194 g/mol. The van der Waals surface area contributed by atoms with Crippen LogP contribution in [0.3, 0.4) is 0 Å². The molecule has 0 atom stereocenters. The van der Waals surface area contributed by atoms with Gasteiger partial charge in [-0.3, -0.25) is 0 Å². The van der Waals surface area contributed by atoms with Crippen LogP contribution in [0.1, 0.15) is 0 Å². The van der Waals surface area contributed by atoms with E-state index in [1.54, 1.807) is 0 Å². The minimum absolute atomic E-state index is 0. The minimum Gasteiger partial charge on any atom is -0.610 e. The topological polar surface area (TPSA) is 144 Å². The first-order valence-corrected chi connectivity index (χ1v) is 2.59. The third-order valence-corrected chi connectivity index (χ3v) is 1.13. The molecule has 8 nitrogen and oxygen atoms in total. The van der Waals surface area contributed by atoms with Gasteiger partial charge in [0.05, 0.1) is 11.6 Å².